The monoisotopic (exact) mass is 350 g/mol. The molecule has 0 atom stereocenters. The van der Waals surface area contributed by atoms with E-state index in [4.69, 9.17) is 0 Å². The first kappa shape index (κ1) is 16.1. The minimum absolute atomic E-state index is 0.0461. The van der Waals surface area contributed by atoms with Crippen LogP contribution in [-0.2, 0) is 17.8 Å². The number of hydrogen-bond donors (Lipinski definition) is 1. The van der Waals surface area contributed by atoms with E-state index in [0.29, 0.717) is 31.0 Å². The molecule has 4 heterocycles. The van der Waals surface area contributed by atoms with Crippen molar-refractivity contribution in [2.75, 3.05) is 0 Å². The van der Waals surface area contributed by atoms with Crippen molar-refractivity contribution < 1.29 is 4.79 Å². The second-order valence-electron chi connectivity index (χ2n) is 6.05. The summed E-state index contributed by atoms with van der Waals surface area (Å²) in [6.07, 6.45) is 4.31. The van der Waals surface area contributed by atoms with Gasteiger partial charge < -0.3 is 5.32 Å². The fourth-order valence-corrected chi connectivity index (χ4v) is 3.03. The topological polar surface area (TPSA) is 102 Å². The van der Waals surface area contributed by atoms with E-state index in [1.165, 1.54) is 6.33 Å². The van der Waals surface area contributed by atoms with Gasteiger partial charge in [-0.25, -0.2) is 9.50 Å². The summed E-state index contributed by atoms with van der Waals surface area (Å²) in [7, 11) is 0. The van der Waals surface area contributed by atoms with Crippen LogP contribution < -0.4 is 5.32 Å². The average molecular weight is 350 g/mol. The lowest BCUT2D eigenvalue weighted by atomic mass is 10.1. The molecule has 132 valence electrons. The standard InChI is InChI=1S/C17H18N8O/c1-11-13(12(2)25-17(21-11)19-10-20-25)6-7-16(26)18-9-15-23-22-14-5-3-4-8-24(14)15/h3-5,8,10H,6-7,9H2,1-2H3,(H,18,26). The zero-order valence-corrected chi connectivity index (χ0v) is 14.5. The molecule has 26 heavy (non-hydrogen) atoms. The van der Waals surface area contributed by atoms with Crippen LogP contribution in [0.2, 0.25) is 0 Å². The lowest BCUT2D eigenvalue weighted by Crippen LogP contribution is -2.24. The Morgan fingerprint density at radius 2 is 2.12 bits per heavy atom. The van der Waals surface area contributed by atoms with E-state index in [2.05, 4.69) is 30.6 Å². The van der Waals surface area contributed by atoms with Crippen LogP contribution in [0.4, 0.5) is 0 Å². The molecule has 0 spiro atoms. The Kier molecular flexibility index (Phi) is 4.04. The second-order valence-corrected chi connectivity index (χ2v) is 6.05. The van der Waals surface area contributed by atoms with Crippen molar-refractivity contribution in [2.45, 2.75) is 33.2 Å². The molecule has 0 aliphatic carbocycles. The van der Waals surface area contributed by atoms with E-state index in [-0.39, 0.29) is 5.91 Å². The average Bonchev–Trinajstić information content (AvgIpc) is 3.26. The number of carbonyl (C=O) groups is 1. The van der Waals surface area contributed by atoms with Gasteiger partial charge in [-0.05, 0) is 38.0 Å². The molecule has 0 saturated heterocycles. The van der Waals surface area contributed by atoms with Crippen LogP contribution in [0.1, 0.15) is 29.2 Å². The normalized spacial score (nSPS) is 11.3. The molecule has 0 aromatic carbocycles. The Balaban J connectivity index is 1.41. The summed E-state index contributed by atoms with van der Waals surface area (Å²) in [6, 6.07) is 5.68. The number of carbonyl (C=O) groups excluding carboxylic acids is 1. The number of fused-ring (bicyclic) bond motifs is 2. The van der Waals surface area contributed by atoms with E-state index in [1.54, 1.807) is 4.52 Å². The lowest BCUT2D eigenvalue weighted by Gasteiger charge is -2.10. The van der Waals surface area contributed by atoms with Crippen molar-refractivity contribution >= 4 is 17.3 Å². The van der Waals surface area contributed by atoms with Gasteiger partial charge in [0.25, 0.3) is 5.78 Å². The van der Waals surface area contributed by atoms with Gasteiger partial charge in [0, 0.05) is 24.0 Å². The van der Waals surface area contributed by atoms with E-state index < -0.39 is 0 Å². The summed E-state index contributed by atoms with van der Waals surface area (Å²) in [4.78, 5) is 20.8. The van der Waals surface area contributed by atoms with Crippen LogP contribution in [0, 0.1) is 13.8 Å². The molecule has 1 N–H and O–H groups in total. The van der Waals surface area contributed by atoms with E-state index >= 15 is 0 Å². The van der Waals surface area contributed by atoms with Gasteiger partial charge in [-0.15, -0.1) is 10.2 Å². The van der Waals surface area contributed by atoms with Crippen molar-refractivity contribution in [3.63, 3.8) is 0 Å². The molecular formula is C17H18N8O. The fraction of sp³-hybridized carbons (Fsp3) is 0.294. The smallest absolute Gasteiger partial charge is 0.252 e. The molecule has 0 aliphatic rings. The fourth-order valence-electron chi connectivity index (χ4n) is 3.03. The Morgan fingerprint density at radius 3 is 3.00 bits per heavy atom. The summed E-state index contributed by atoms with van der Waals surface area (Å²) in [5, 5.41) is 15.3. The number of pyridine rings is 1. The minimum atomic E-state index is -0.0461. The largest absolute Gasteiger partial charge is 0.349 e. The van der Waals surface area contributed by atoms with Crippen molar-refractivity contribution in [3.8, 4) is 0 Å². The summed E-state index contributed by atoms with van der Waals surface area (Å²) >= 11 is 0. The zero-order valence-electron chi connectivity index (χ0n) is 14.5. The Hall–Kier alpha value is -3.36. The molecule has 4 aromatic heterocycles. The van der Waals surface area contributed by atoms with Gasteiger partial charge in [0.05, 0.1) is 6.54 Å². The van der Waals surface area contributed by atoms with Crippen LogP contribution in [0.25, 0.3) is 11.4 Å². The van der Waals surface area contributed by atoms with Crippen molar-refractivity contribution in [1.82, 2.24) is 39.5 Å². The van der Waals surface area contributed by atoms with Gasteiger partial charge in [-0.3, -0.25) is 9.20 Å². The molecule has 0 fully saturated rings. The Bertz CT molecular complexity index is 1100. The quantitative estimate of drug-likeness (QED) is 0.577. The first-order valence-corrected chi connectivity index (χ1v) is 8.34. The number of aromatic nitrogens is 7. The number of nitrogens with one attached hydrogen (secondary N) is 1. The molecule has 0 radical (unpaired) electrons. The van der Waals surface area contributed by atoms with Crippen molar-refractivity contribution in [2.24, 2.45) is 0 Å². The maximum absolute atomic E-state index is 12.3. The highest BCUT2D eigenvalue weighted by molar-refractivity contribution is 5.76. The third-order valence-corrected chi connectivity index (χ3v) is 4.42. The summed E-state index contributed by atoms with van der Waals surface area (Å²) in [6.45, 7) is 4.23. The molecule has 9 heteroatoms. The van der Waals surface area contributed by atoms with Crippen LogP contribution in [-0.4, -0.2) is 40.1 Å². The molecular weight excluding hydrogens is 332 g/mol. The highest BCUT2D eigenvalue weighted by Crippen LogP contribution is 2.14. The maximum atomic E-state index is 12.3. The predicted molar refractivity (Wildman–Crippen MR) is 93.4 cm³/mol. The number of aryl methyl sites for hydroxylation is 2. The number of amides is 1. The number of rotatable bonds is 5. The summed E-state index contributed by atoms with van der Waals surface area (Å²) < 4.78 is 3.56. The van der Waals surface area contributed by atoms with E-state index in [0.717, 1.165) is 22.6 Å². The summed E-state index contributed by atoms with van der Waals surface area (Å²) in [5.74, 6) is 1.23. The first-order chi connectivity index (χ1) is 12.6. The molecule has 9 nitrogen and oxygen atoms in total. The van der Waals surface area contributed by atoms with Crippen LogP contribution in [0.3, 0.4) is 0 Å². The van der Waals surface area contributed by atoms with E-state index in [1.807, 2.05) is 42.6 Å². The number of hydrogen-bond acceptors (Lipinski definition) is 6. The third-order valence-electron chi connectivity index (χ3n) is 4.42. The van der Waals surface area contributed by atoms with Crippen molar-refractivity contribution in [3.05, 3.63) is 53.5 Å². The highest BCUT2D eigenvalue weighted by Gasteiger charge is 2.13. The van der Waals surface area contributed by atoms with Gasteiger partial charge in [0.2, 0.25) is 5.91 Å². The molecule has 1 amide bonds. The molecule has 0 unspecified atom stereocenters. The molecule has 0 aliphatic heterocycles. The van der Waals surface area contributed by atoms with Gasteiger partial charge in [-0.1, -0.05) is 6.07 Å². The van der Waals surface area contributed by atoms with E-state index in [9.17, 15) is 4.79 Å². The minimum Gasteiger partial charge on any atom is -0.349 e. The molecule has 4 aromatic rings. The van der Waals surface area contributed by atoms with Crippen LogP contribution in [0.15, 0.2) is 30.7 Å². The van der Waals surface area contributed by atoms with Gasteiger partial charge in [-0.2, -0.15) is 10.1 Å². The zero-order chi connectivity index (χ0) is 18.1. The van der Waals surface area contributed by atoms with Crippen molar-refractivity contribution in [1.29, 1.82) is 0 Å². The lowest BCUT2D eigenvalue weighted by molar-refractivity contribution is -0.121. The predicted octanol–water partition coefficient (Wildman–Crippen LogP) is 1.03. The van der Waals surface area contributed by atoms with Crippen LogP contribution >= 0.6 is 0 Å². The second kappa shape index (κ2) is 6.51. The summed E-state index contributed by atoms with van der Waals surface area (Å²) in [5.41, 5.74) is 3.61. The van der Waals surface area contributed by atoms with Crippen LogP contribution in [0.5, 0.6) is 0 Å². The SMILES string of the molecule is Cc1nc2ncnn2c(C)c1CCC(=O)NCc1nnc2ccccn12. The third kappa shape index (κ3) is 2.87. The Morgan fingerprint density at radius 1 is 1.23 bits per heavy atom. The number of nitrogens with zero attached hydrogens (tertiary/aromatic N) is 7. The van der Waals surface area contributed by atoms with Gasteiger partial charge >= 0.3 is 0 Å². The first-order valence-electron chi connectivity index (χ1n) is 8.34. The maximum Gasteiger partial charge on any atom is 0.252 e. The molecule has 4 rings (SSSR count). The Labute approximate surface area is 149 Å². The van der Waals surface area contributed by atoms with Gasteiger partial charge in [0.1, 0.15) is 6.33 Å². The molecule has 0 saturated carbocycles. The van der Waals surface area contributed by atoms with Gasteiger partial charge in [0.15, 0.2) is 11.5 Å². The highest BCUT2D eigenvalue weighted by atomic mass is 16.1. The molecule has 0 bridgehead atoms.